The largest absolute Gasteiger partial charge is 0.384 e. The van der Waals surface area contributed by atoms with E-state index in [4.69, 9.17) is 17.3 Å². The molecule has 1 fully saturated rings. The lowest BCUT2D eigenvalue weighted by atomic mass is 10.2. The smallest absolute Gasteiger partial charge is 0.152 e. The summed E-state index contributed by atoms with van der Waals surface area (Å²) in [4.78, 5) is 0.871. The van der Waals surface area contributed by atoms with Gasteiger partial charge in [0.25, 0.3) is 0 Å². The number of rotatable bonds is 2. The number of hydrogen-bond acceptors (Lipinski definition) is 5. The maximum Gasteiger partial charge on any atom is 0.152 e. The number of thiophene rings is 1. The summed E-state index contributed by atoms with van der Waals surface area (Å²) in [6, 6.07) is 1.64. The van der Waals surface area contributed by atoms with E-state index in [2.05, 4.69) is 5.10 Å². The van der Waals surface area contributed by atoms with E-state index in [1.54, 1.807) is 4.68 Å². The standard InChI is InChI=1S/C12H14ClN3O2S2/c1-7-10(11-9(13)2-4-19-11)15-16(12(7)14)8-3-5-20(17,18)6-8/h2,4,8H,3,5-6,14H2,1H3. The average molecular weight is 332 g/mol. The molecule has 0 saturated carbocycles. The summed E-state index contributed by atoms with van der Waals surface area (Å²) >= 11 is 7.64. The van der Waals surface area contributed by atoms with Crippen LogP contribution in [0.1, 0.15) is 18.0 Å². The van der Waals surface area contributed by atoms with Gasteiger partial charge in [-0.25, -0.2) is 13.1 Å². The van der Waals surface area contributed by atoms with E-state index in [1.807, 2.05) is 18.4 Å². The fourth-order valence-corrected chi connectivity index (χ4v) is 5.33. The second-order valence-electron chi connectivity index (χ2n) is 4.96. The Morgan fingerprint density at radius 1 is 1.55 bits per heavy atom. The van der Waals surface area contributed by atoms with Gasteiger partial charge in [0, 0.05) is 5.56 Å². The van der Waals surface area contributed by atoms with Crippen molar-refractivity contribution in [1.29, 1.82) is 0 Å². The van der Waals surface area contributed by atoms with Crippen molar-refractivity contribution in [2.45, 2.75) is 19.4 Å². The number of nitrogens with zero attached hydrogens (tertiary/aromatic N) is 2. The maximum atomic E-state index is 11.6. The van der Waals surface area contributed by atoms with Crippen molar-refractivity contribution in [3.8, 4) is 10.6 Å². The van der Waals surface area contributed by atoms with Crippen LogP contribution in [0.15, 0.2) is 11.4 Å². The molecule has 2 aromatic heterocycles. The van der Waals surface area contributed by atoms with Crippen LogP contribution < -0.4 is 5.73 Å². The van der Waals surface area contributed by atoms with Gasteiger partial charge >= 0.3 is 0 Å². The lowest BCUT2D eigenvalue weighted by Crippen LogP contribution is -2.14. The Kier molecular flexibility index (Phi) is 3.30. The molecule has 1 aliphatic heterocycles. The zero-order chi connectivity index (χ0) is 14.5. The first kappa shape index (κ1) is 13.9. The molecule has 0 radical (unpaired) electrons. The zero-order valence-corrected chi connectivity index (χ0v) is 13.2. The molecular weight excluding hydrogens is 318 g/mol. The fraction of sp³-hybridized carbons (Fsp3) is 0.417. The van der Waals surface area contributed by atoms with Crippen molar-refractivity contribution in [1.82, 2.24) is 9.78 Å². The molecule has 8 heteroatoms. The molecule has 3 rings (SSSR count). The quantitative estimate of drug-likeness (QED) is 0.917. The number of anilines is 1. The van der Waals surface area contributed by atoms with Crippen molar-refractivity contribution in [2.24, 2.45) is 0 Å². The van der Waals surface area contributed by atoms with Crippen molar-refractivity contribution in [2.75, 3.05) is 17.2 Å². The lowest BCUT2D eigenvalue weighted by Gasteiger charge is -2.10. The van der Waals surface area contributed by atoms with E-state index in [-0.39, 0.29) is 17.5 Å². The maximum absolute atomic E-state index is 11.6. The topological polar surface area (TPSA) is 78.0 Å². The number of hydrogen-bond donors (Lipinski definition) is 1. The molecule has 2 aromatic rings. The van der Waals surface area contributed by atoms with Gasteiger partial charge in [-0.3, -0.25) is 0 Å². The van der Waals surface area contributed by atoms with Crippen molar-refractivity contribution < 1.29 is 8.42 Å². The van der Waals surface area contributed by atoms with Gasteiger partial charge in [0.05, 0.1) is 27.4 Å². The van der Waals surface area contributed by atoms with Gasteiger partial charge in [-0.15, -0.1) is 11.3 Å². The van der Waals surface area contributed by atoms with Crippen molar-refractivity contribution >= 4 is 38.6 Å². The van der Waals surface area contributed by atoms with Crippen LogP contribution in [0.5, 0.6) is 0 Å². The predicted octanol–water partition coefficient (Wildman–Crippen LogP) is 2.52. The van der Waals surface area contributed by atoms with E-state index < -0.39 is 9.84 Å². The highest BCUT2D eigenvalue weighted by Gasteiger charge is 2.32. The molecule has 1 saturated heterocycles. The van der Waals surface area contributed by atoms with Crippen LogP contribution in [0, 0.1) is 6.92 Å². The molecular formula is C12H14ClN3O2S2. The lowest BCUT2D eigenvalue weighted by molar-refractivity contribution is 0.508. The Bertz CT molecular complexity index is 764. The first-order valence-corrected chi connectivity index (χ1v) is 9.25. The highest BCUT2D eigenvalue weighted by Crippen LogP contribution is 2.38. The second-order valence-corrected chi connectivity index (χ2v) is 8.51. The molecule has 108 valence electrons. The minimum atomic E-state index is -2.97. The van der Waals surface area contributed by atoms with Crippen LogP contribution in [0.2, 0.25) is 5.02 Å². The third kappa shape index (κ3) is 2.23. The summed E-state index contributed by atoms with van der Waals surface area (Å²) in [5.74, 6) is 0.827. The molecule has 20 heavy (non-hydrogen) atoms. The number of halogens is 1. The molecule has 2 N–H and O–H groups in total. The Morgan fingerprint density at radius 2 is 2.30 bits per heavy atom. The molecule has 0 aromatic carbocycles. The van der Waals surface area contributed by atoms with Crippen molar-refractivity contribution in [3.05, 3.63) is 22.0 Å². The summed E-state index contributed by atoms with van der Waals surface area (Å²) in [5, 5.41) is 7.05. The third-order valence-corrected chi connectivity index (χ3v) is 6.68. The number of nitrogens with two attached hydrogens (primary N) is 1. The molecule has 3 heterocycles. The second kappa shape index (κ2) is 4.75. The third-order valence-electron chi connectivity index (χ3n) is 3.58. The molecule has 1 aliphatic rings. The number of nitrogen functional groups attached to an aromatic ring is 1. The first-order valence-electron chi connectivity index (χ1n) is 6.17. The minimum absolute atomic E-state index is 0.107. The van der Waals surface area contributed by atoms with E-state index in [0.717, 1.165) is 16.1 Å². The number of aromatic nitrogens is 2. The van der Waals surface area contributed by atoms with Gasteiger partial charge in [-0.1, -0.05) is 11.6 Å². The van der Waals surface area contributed by atoms with E-state index in [1.165, 1.54) is 11.3 Å². The average Bonchev–Trinajstić information content (AvgIpc) is 3.02. The molecule has 5 nitrogen and oxygen atoms in total. The Hall–Kier alpha value is -1.05. The molecule has 0 bridgehead atoms. The van der Waals surface area contributed by atoms with Crippen LogP contribution >= 0.6 is 22.9 Å². The van der Waals surface area contributed by atoms with Crippen molar-refractivity contribution in [3.63, 3.8) is 0 Å². The zero-order valence-electron chi connectivity index (χ0n) is 10.8. The highest BCUT2D eigenvalue weighted by molar-refractivity contribution is 7.91. The molecule has 1 unspecified atom stereocenters. The molecule has 1 atom stereocenters. The van der Waals surface area contributed by atoms with Gasteiger partial charge in [-0.2, -0.15) is 5.10 Å². The normalized spacial score (nSPS) is 21.4. The van der Waals surface area contributed by atoms with Gasteiger partial charge in [0.1, 0.15) is 11.5 Å². The van der Waals surface area contributed by atoms with E-state index in [0.29, 0.717) is 17.3 Å². The molecule has 0 spiro atoms. The summed E-state index contributed by atoms with van der Waals surface area (Å²) in [5.41, 5.74) is 7.68. The predicted molar refractivity (Wildman–Crippen MR) is 82.0 cm³/mol. The summed E-state index contributed by atoms with van der Waals surface area (Å²) in [7, 11) is -2.97. The van der Waals surface area contributed by atoms with E-state index >= 15 is 0 Å². The summed E-state index contributed by atoms with van der Waals surface area (Å²) in [6.45, 7) is 1.88. The molecule has 0 aliphatic carbocycles. The summed E-state index contributed by atoms with van der Waals surface area (Å²) in [6.07, 6.45) is 0.561. The van der Waals surface area contributed by atoms with Crippen LogP contribution in [0.4, 0.5) is 5.82 Å². The van der Waals surface area contributed by atoms with Crippen LogP contribution in [-0.4, -0.2) is 29.7 Å². The highest BCUT2D eigenvalue weighted by atomic mass is 35.5. The Morgan fingerprint density at radius 3 is 2.85 bits per heavy atom. The van der Waals surface area contributed by atoms with Crippen LogP contribution in [0.25, 0.3) is 10.6 Å². The van der Waals surface area contributed by atoms with E-state index in [9.17, 15) is 8.42 Å². The van der Waals surface area contributed by atoms with Crippen LogP contribution in [0.3, 0.4) is 0 Å². The van der Waals surface area contributed by atoms with Gasteiger partial charge in [-0.05, 0) is 24.8 Å². The Labute approximate surface area is 126 Å². The molecule has 0 amide bonds. The number of sulfone groups is 1. The summed E-state index contributed by atoms with van der Waals surface area (Å²) < 4.78 is 24.8. The minimum Gasteiger partial charge on any atom is -0.384 e. The SMILES string of the molecule is Cc1c(-c2sccc2Cl)nn(C2CCS(=O)(=O)C2)c1N. The fourth-order valence-electron chi connectivity index (χ4n) is 2.45. The Balaban J connectivity index is 2.05. The van der Waals surface area contributed by atoms with Crippen LogP contribution in [-0.2, 0) is 9.84 Å². The van der Waals surface area contributed by atoms with Gasteiger partial charge < -0.3 is 5.73 Å². The first-order chi connectivity index (χ1) is 9.39. The monoisotopic (exact) mass is 331 g/mol. The van der Waals surface area contributed by atoms with Gasteiger partial charge in [0.15, 0.2) is 9.84 Å². The van der Waals surface area contributed by atoms with Gasteiger partial charge in [0.2, 0.25) is 0 Å².